The highest BCUT2D eigenvalue weighted by molar-refractivity contribution is 5.79. The number of rotatable bonds is 5. The summed E-state index contributed by atoms with van der Waals surface area (Å²) in [5.41, 5.74) is 6.79. The van der Waals surface area contributed by atoms with E-state index in [9.17, 15) is 18.0 Å². The highest BCUT2D eigenvalue weighted by Gasteiger charge is 2.35. The minimum atomic E-state index is -4.53. The first-order valence-corrected chi connectivity index (χ1v) is 9.42. The number of nitrogens with two attached hydrogens (primary N) is 1. The maximum atomic E-state index is 13.6. The third kappa shape index (κ3) is 4.22. The Balaban J connectivity index is 1.83. The van der Waals surface area contributed by atoms with Crippen molar-refractivity contribution in [1.82, 2.24) is 15.1 Å². The number of carbonyl (C=O) groups is 1. The molecule has 1 aromatic heterocycles. The molecular weight excluding hydrogens is 369 g/mol. The van der Waals surface area contributed by atoms with E-state index in [1.807, 2.05) is 0 Å². The SMILES string of the molecule is Cc1cc(C)n(-c2ccc(CNC(=O)[C@@H]3CCC[C@@H]3CN)c(C(F)(F)F)c2)n1. The molecule has 5 nitrogen and oxygen atoms in total. The van der Waals surface area contributed by atoms with Gasteiger partial charge in [0, 0.05) is 18.2 Å². The van der Waals surface area contributed by atoms with Crippen molar-refractivity contribution < 1.29 is 18.0 Å². The van der Waals surface area contributed by atoms with E-state index in [1.165, 1.54) is 10.7 Å². The molecule has 3 N–H and O–H groups in total. The van der Waals surface area contributed by atoms with Crippen LogP contribution in [0, 0.1) is 25.7 Å². The molecule has 0 unspecified atom stereocenters. The summed E-state index contributed by atoms with van der Waals surface area (Å²) in [6.45, 7) is 3.83. The van der Waals surface area contributed by atoms with Crippen LogP contribution in [0.25, 0.3) is 5.69 Å². The maximum Gasteiger partial charge on any atom is 0.416 e. The molecule has 0 saturated heterocycles. The van der Waals surface area contributed by atoms with Crippen LogP contribution in [-0.2, 0) is 17.5 Å². The van der Waals surface area contributed by atoms with E-state index in [4.69, 9.17) is 5.73 Å². The van der Waals surface area contributed by atoms with E-state index >= 15 is 0 Å². The third-order valence-electron chi connectivity index (χ3n) is 5.40. The van der Waals surface area contributed by atoms with Gasteiger partial charge in [0.15, 0.2) is 0 Å². The second-order valence-corrected chi connectivity index (χ2v) is 7.43. The Morgan fingerprint density at radius 3 is 2.64 bits per heavy atom. The highest BCUT2D eigenvalue weighted by Crippen LogP contribution is 2.34. The van der Waals surface area contributed by atoms with Gasteiger partial charge < -0.3 is 11.1 Å². The lowest BCUT2D eigenvalue weighted by Crippen LogP contribution is -2.35. The van der Waals surface area contributed by atoms with Crippen molar-refractivity contribution in [2.75, 3.05) is 6.54 Å². The number of carbonyl (C=O) groups excluding carboxylic acids is 1. The van der Waals surface area contributed by atoms with Crippen molar-refractivity contribution in [2.24, 2.45) is 17.6 Å². The molecule has 0 bridgehead atoms. The molecule has 0 spiro atoms. The van der Waals surface area contributed by atoms with Crippen LogP contribution in [0.15, 0.2) is 24.3 Å². The zero-order valence-corrected chi connectivity index (χ0v) is 16.0. The smallest absolute Gasteiger partial charge is 0.352 e. The van der Waals surface area contributed by atoms with Crippen LogP contribution in [0.3, 0.4) is 0 Å². The second-order valence-electron chi connectivity index (χ2n) is 7.43. The number of nitrogens with zero attached hydrogens (tertiary/aromatic N) is 2. The molecule has 1 saturated carbocycles. The Kier molecular flexibility index (Phi) is 5.79. The minimum absolute atomic E-state index is 0.0356. The van der Waals surface area contributed by atoms with Gasteiger partial charge in [-0.15, -0.1) is 0 Å². The van der Waals surface area contributed by atoms with E-state index in [-0.39, 0.29) is 29.9 Å². The fraction of sp³-hybridized carbons (Fsp3) is 0.500. The lowest BCUT2D eigenvalue weighted by Gasteiger charge is -2.19. The standard InChI is InChI=1S/C20H25F3N4O/c1-12-8-13(2)27(26-12)16-7-6-15(18(9-16)20(21,22)23)11-25-19(28)17-5-3-4-14(17)10-24/h6-9,14,17H,3-5,10-11,24H2,1-2H3,(H,25,28)/t14-,17-/m1/s1. The molecule has 1 fully saturated rings. The number of halogens is 3. The number of amides is 1. The van der Waals surface area contributed by atoms with Gasteiger partial charge in [-0.3, -0.25) is 4.79 Å². The Hall–Kier alpha value is -2.35. The van der Waals surface area contributed by atoms with Gasteiger partial charge in [-0.1, -0.05) is 12.5 Å². The predicted octanol–water partition coefficient (Wildman–Crippen LogP) is 3.50. The van der Waals surface area contributed by atoms with Gasteiger partial charge in [0.05, 0.1) is 16.9 Å². The number of hydrogen-bond acceptors (Lipinski definition) is 3. The van der Waals surface area contributed by atoms with Crippen molar-refractivity contribution in [3.63, 3.8) is 0 Å². The van der Waals surface area contributed by atoms with Gasteiger partial charge >= 0.3 is 6.18 Å². The average Bonchev–Trinajstić information content (AvgIpc) is 3.24. The van der Waals surface area contributed by atoms with Gasteiger partial charge in [0.2, 0.25) is 5.91 Å². The van der Waals surface area contributed by atoms with Gasteiger partial charge in [0.1, 0.15) is 0 Å². The molecule has 8 heteroatoms. The summed E-state index contributed by atoms with van der Waals surface area (Å²) >= 11 is 0. The largest absolute Gasteiger partial charge is 0.416 e. The number of nitrogens with one attached hydrogen (secondary N) is 1. The second kappa shape index (κ2) is 7.95. The topological polar surface area (TPSA) is 72.9 Å². The third-order valence-corrected chi connectivity index (χ3v) is 5.40. The van der Waals surface area contributed by atoms with Crippen LogP contribution in [0.5, 0.6) is 0 Å². The maximum absolute atomic E-state index is 13.6. The number of benzene rings is 1. The summed E-state index contributed by atoms with van der Waals surface area (Å²) in [7, 11) is 0. The van der Waals surface area contributed by atoms with Crippen molar-refractivity contribution >= 4 is 5.91 Å². The predicted molar refractivity (Wildman–Crippen MR) is 99.8 cm³/mol. The first-order valence-electron chi connectivity index (χ1n) is 9.42. The molecule has 28 heavy (non-hydrogen) atoms. The van der Waals surface area contributed by atoms with Crippen LogP contribution >= 0.6 is 0 Å². The van der Waals surface area contributed by atoms with Gasteiger partial charge in [-0.25, -0.2) is 4.68 Å². The molecule has 0 aliphatic heterocycles. The highest BCUT2D eigenvalue weighted by atomic mass is 19.4. The Bertz CT molecular complexity index is 860. The lowest BCUT2D eigenvalue weighted by atomic mass is 9.95. The normalized spacial score (nSPS) is 19.8. The summed E-state index contributed by atoms with van der Waals surface area (Å²) in [6, 6.07) is 5.88. The summed E-state index contributed by atoms with van der Waals surface area (Å²) in [5, 5.41) is 6.92. The van der Waals surface area contributed by atoms with Crippen LogP contribution in [0.1, 0.15) is 41.8 Å². The minimum Gasteiger partial charge on any atom is -0.352 e. The molecule has 3 rings (SSSR count). The van der Waals surface area contributed by atoms with Crippen LogP contribution in [0.4, 0.5) is 13.2 Å². The van der Waals surface area contributed by atoms with Crippen molar-refractivity contribution in [2.45, 2.75) is 45.8 Å². The van der Waals surface area contributed by atoms with E-state index in [0.29, 0.717) is 12.2 Å². The number of aryl methyl sites for hydroxylation is 2. The zero-order valence-electron chi connectivity index (χ0n) is 16.0. The molecule has 2 aromatic rings. The first kappa shape index (κ1) is 20.4. The Labute approximate surface area is 162 Å². The summed E-state index contributed by atoms with van der Waals surface area (Å²) in [6.07, 6.45) is -1.99. The monoisotopic (exact) mass is 394 g/mol. The Morgan fingerprint density at radius 1 is 1.29 bits per heavy atom. The number of alkyl halides is 3. The summed E-state index contributed by atoms with van der Waals surface area (Å²) in [5.74, 6) is -0.326. The van der Waals surface area contributed by atoms with Crippen LogP contribution in [-0.4, -0.2) is 22.2 Å². The quantitative estimate of drug-likeness (QED) is 0.815. The van der Waals surface area contributed by atoms with Gasteiger partial charge in [0.25, 0.3) is 0 Å². The summed E-state index contributed by atoms with van der Waals surface area (Å²) < 4.78 is 42.4. The zero-order chi connectivity index (χ0) is 20.5. The first-order chi connectivity index (χ1) is 13.2. The molecule has 152 valence electrons. The van der Waals surface area contributed by atoms with Crippen molar-refractivity contribution in [3.05, 3.63) is 46.8 Å². The molecule has 0 radical (unpaired) electrons. The fourth-order valence-electron chi connectivity index (χ4n) is 3.98. The van der Waals surface area contributed by atoms with E-state index < -0.39 is 11.7 Å². The molecule has 1 aromatic carbocycles. The van der Waals surface area contributed by atoms with Gasteiger partial charge in [-0.05, 0) is 62.9 Å². The van der Waals surface area contributed by atoms with Crippen LogP contribution in [0.2, 0.25) is 0 Å². The fourth-order valence-corrected chi connectivity index (χ4v) is 3.98. The van der Waals surface area contributed by atoms with E-state index in [1.54, 1.807) is 26.0 Å². The van der Waals surface area contributed by atoms with E-state index in [2.05, 4.69) is 10.4 Å². The van der Waals surface area contributed by atoms with Gasteiger partial charge in [-0.2, -0.15) is 18.3 Å². The van der Waals surface area contributed by atoms with Crippen molar-refractivity contribution in [1.29, 1.82) is 0 Å². The summed E-state index contributed by atoms with van der Waals surface area (Å²) in [4.78, 5) is 12.4. The number of hydrogen-bond donors (Lipinski definition) is 2. The van der Waals surface area contributed by atoms with Crippen molar-refractivity contribution in [3.8, 4) is 5.69 Å². The molecular formula is C20H25F3N4O. The van der Waals surface area contributed by atoms with Crippen LogP contribution < -0.4 is 11.1 Å². The average molecular weight is 394 g/mol. The molecule has 2 atom stereocenters. The molecule has 1 aliphatic rings. The molecule has 1 heterocycles. The molecule has 1 aliphatic carbocycles. The number of aromatic nitrogens is 2. The lowest BCUT2D eigenvalue weighted by molar-refractivity contribution is -0.138. The van der Waals surface area contributed by atoms with E-state index in [0.717, 1.165) is 36.7 Å². The Morgan fingerprint density at radius 2 is 2.04 bits per heavy atom. The molecule has 1 amide bonds.